The molecule has 0 aromatic carbocycles. The Morgan fingerprint density at radius 2 is 1.78 bits per heavy atom. The van der Waals surface area contributed by atoms with Crippen LogP contribution in [0, 0.1) is 6.92 Å². The third-order valence-corrected chi connectivity index (χ3v) is 4.47. The number of aromatic amines is 1. The number of nitrogens with one attached hydrogen (secondary N) is 1. The van der Waals surface area contributed by atoms with Gasteiger partial charge in [0.2, 0.25) is 0 Å². The molecule has 0 aliphatic carbocycles. The summed E-state index contributed by atoms with van der Waals surface area (Å²) in [5.74, 6) is -0.239. The average molecular weight is 320 g/mol. The summed E-state index contributed by atoms with van der Waals surface area (Å²) in [6, 6.07) is 3.36. The van der Waals surface area contributed by atoms with Gasteiger partial charge in [0, 0.05) is 32.0 Å². The molecule has 2 aliphatic rings. The first-order chi connectivity index (χ1) is 11.1. The number of carbonyl (C=O) groups excluding carboxylic acids is 1. The number of aryl methyl sites for hydroxylation is 1. The molecule has 0 spiro atoms. The summed E-state index contributed by atoms with van der Waals surface area (Å²) in [6.45, 7) is 4.33. The van der Waals surface area contributed by atoms with E-state index in [1.54, 1.807) is 24.0 Å². The molecule has 6 heteroatoms. The second kappa shape index (κ2) is 7.27. The number of H-pyrrole nitrogens is 1. The summed E-state index contributed by atoms with van der Waals surface area (Å²) in [7, 11) is 0. The number of carbonyl (C=O) groups is 1. The van der Waals surface area contributed by atoms with E-state index in [2.05, 4.69) is 4.98 Å². The van der Waals surface area contributed by atoms with Crippen molar-refractivity contribution >= 4 is 5.91 Å². The summed E-state index contributed by atoms with van der Waals surface area (Å²) in [6.07, 6.45) is 4.09. The van der Waals surface area contributed by atoms with Gasteiger partial charge in [-0.15, -0.1) is 0 Å². The molecule has 1 aromatic rings. The Bertz CT molecular complexity index is 583. The van der Waals surface area contributed by atoms with E-state index in [0.29, 0.717) is 13.1 Å². The second-order valence-electron chi connectivity index (χ2n) is 6.36. The van der Waals surface area contributed by atoms with Gasteiger partial charge in [0.1, 0.15) is 5.56 Å². The Labute approximate surface area is 135 Å². The Hall–Kier alpha value is -1.66. The van der Waals surface area contributed by atoms with Gasteiger partial charge in [-0.25, -0.2) is 0 Å². The molecule has 6 nitrogen and oxygen atoms in total. The molecule has 23 heavy (non-hydrogen) atoms. The fraction of sp³-hybridized carbons (Fsp3) is 0.647. The zero-order valence-electron chi connectivity index (χ0n) is 13.5. The van der Waals surface area contributed by atoms with E-state index in [1.165, 1.54) is 0 Å². The third kappa shape index (κ3) is 4.00. The second-order valence-corrected chi connectivity index (χ2v) is 6.36. The fourth-order valence-electron chi connectivity index (χ4n) is 3.22. The topological polar surface area (TPSA) is 71.6 Å². The van der Waals surface area contributed by atoms with Crippen molar-refractivity contribution in [1.82, 2.24) is 9.88 Å². The molecule has 0 saturated carbocycles. The van der Waals surface area contributed by atoms with E-state index in [9.17, 15) is 9.59 Å². The van der Waals surface area contributed by atoms with E-state index in [-0.39, 0.29) is 29.2 Å². The number of hydrogen-bond acceptors (Lipinski definition) is 4. The highest BCUT2D eigenvalue weighted by atomic mass is 16.5. The Morgan fingerprint density at radius 1 is 1.17 bits per heavy atom. The zero-order valence-corrected chi connectivity index (χ0v) is 13.5. The molecule has 1 aromatic heterocycles. The summed E-state index contributed by atoms with van der Waals surface area (Å²) in [5.41, 5.74) is 0.600. The minimum atomic E-state index is -0.334. The van der Waals surface area contributed by atoms with E-state index in [1.807, 2.05) is 0 Å². The van der Waals surface area contributed by atoms with Crippen molar-refractivity contribution in [2.75, 3.05) is 26.3 Å². The minimum absolute atomic E-state index is 0.0601. The van der Waals surface area contributed by atoms with E-state index >= 15 is 0 Å². The lowest BCUT2D eigenvalue weighted by Crippen LogP contribution is -2.43. The van der Waals surface area contributed by atoms with Crippen LogP contribution >= 0.6 is 0 Å². The highest BCUT2D eigenvalue weighted by Crippen LogP contribution is 2.18. The maximum absolute atomic E-state index is 12.8. The predicted octanol–water partition coefficient (Wildman–Crippen LogP) is 1.48. The van der Waals surface area contributed by atoms with E-state index < -0.39 is 0 Å². The molecule has 2 atom stereocenters. The number of aromatic nitrogens is 1. The highest BCUT2D eigenvalue weighted by Gasteiger charge is 2.28. The normalized spacial score (nSPS) is 24.0. The Balaban J connectivity index is 1.77. The molecule has 0 bridgehead atoms. The van der Waals surface area contributed by atoms with Crippen LogP contribution in [-0.2, 0) is 9.47 Å². The molecule has 2 aliphatic heterocycles. The van der Waals surface area contributed by atoms with E-state index in [0.717, 1.165) is 44.6 Å². The maximum atomic E-state index is 12.8. The lowest BCUT2D eigenvalue weighted by molar-refractivity contribution is 0.0306. The molecule has 126 valence electrons. The van der Waals surface area contributed by atoms with Gasteiger partial charge in [-0.05, 0) is 44.7 Å². The first kappa shape index (κ1) is 16.2. The van der Waals surface area contributed by atoms with Crippen molar-refractivity contribution in [2.45, 2.75) is 44.8 Å². The van der Waals surface area contributed by atoms with Crippen LogP contribution in [0.5, 0.6) is 0 Å². The van der Waals surface area contributed by atoms with Crippen LogP contribution in [0.4, 0.5) is 0 Å². The molecule has 3 heterocycles. The van der Waals surface area contributed by atoms with Gasteiger partial charge < -0.3 is 19.4 Å². The summed E-state index contributed by atoms with van der Waals surface area (Å²) < 4.78 is 11.3. The van der Waals surface area contributed by atoms with Gasteiger partial charge in [0.25, 0.3) is 11.5 Å². The van der Waals surface area contributed by atoms with Crippen molar-refractivity contribution in [2.24, 2.45) is 0 Å². The van der Waals surface area contributed by atoms with Crippen LogP contribution < -0.4 is 5.56 Å². The van der Waals surface area contributed by atoms with Crippen molar-refractivity contribution in [3.8, 4) is 0 Å². The Morgan fingerprint density at radius 3 is 2.26 bits per heavy atom. The molecule has 1 amide bonds. The molecule has 3 rings (SSSR count). The molecular formula is C17H24N2O4. The monoisotopic (exact) mass is 320 g/mol. The lowest BCUT2D eigenvalue weighted by atomic mass is 10.1. The summed E-state index contributed by atoms with van der Waals surface area (Å²) >= 11 is 0. The number of pyridine rings is 1. The zero-order chi connectivity index (χ0) is 16.2. The van der Waals surface area contributed by atoms with Crippen LogP contribution in [0.3, 0.4) is 0 Å². The van der Waals surface area contributed by atoms with Gasteiger partial charge >= 0.3 is 0 Å². The lowest BCUT2D eigenvalue weighted by Gasteiger charge is -2.27. The molecule has 2 fully saturated rings. The molecule has 0 unspecified atom stereocenters. The van der Waals surface area contributed by atoms with Crippen LogP contribution in [-0.4, -0.2) is 54.3 Å². The first-order valence-corrected chi connectivity index (χ1v) is 8.36. The van der Waals surface area contributed by atoms with Gasteiger partial charge in [-0.1, -0.05) is 0 Å². The summed E-state index contributed by atoms with van der Waals surface area (Å²) in [4.78, 5) is 29.4. The third-order valence-electron chi connectivity index (χ3n) is 4.47. The van der Waals surface area contributed by atoms with Crippen molar-refractivity contribution < 1.29 is 14.3 Å². The average Bonchev–Trinajstić information content (AvgIpc) is 3.19. The van der Waals surface area contributed by atoms with Gasteiger partial charge in [0.05, 0.1) is 12.2 Å². The van der Waals surface area contributed by atoms with Crippen molar-refractivity contribution in [3.63, 3.8) is 0 Å². The Kier molecular flexibility index (Phi) is 5.13. The smallest absolute Gasteiger partial charge is 0.260 e. The largest absolute Gasteiger partial charge is 0.376 e. The summed E-state index contributed by atoms with van der Waals surface area (Å²) in [5, 5.41) is 0. The highest BCUT2D eigenvalue weighted by molar-refractivity contribution is 5.93. The molecule has 0 radical (unpaired) electrons. The van der Waals surface area contributed by atoms with Crippen LogP contribution in [0.1, 0.15) is 41.7 Å². The number of ether oxygens (including phenoxy) is 2. The van der Waals surface area contributed by atoms with Crippen LogP contribution in [0.2, 0.25) is 0 Å². The molecule has 2 saturated heterocycles. The van der Waals surface area contributed by atoms with Crippen molar-refractivity contribution in [3.05, 3.63) is 33.7 Å². The number of amides is 1. The SMILES string of the molecule is Cc1ccc(C(=O)N(C[C@@H]2CCCO2)C[C@@H]2CCCO2)c(=O)[nH]1. The first-order valence-electron chi connectivity index (χ1n) is 8.36. The van der Waals surface area contributed by atoms with Crippen LogP contribution in [0.25, 0.3) is 0 Å². The van der Waals surface area contributed by atoms with Gasteiger partial charge in [-0.2, -0.15) is 0 Å². The standard InChI is InChI=1S/C17H24N2O4/c1-12-6-7-15(16(20)18-12)17(21)19(10-13-4-2-8-22-13)11-14-5-3-9-23-14/h6-7,13-14H,2-5,8-11H2,1H3,(H,18,20)/t13-,14-/m0/s1. The minimum Gasteiger partial charge on any atom is -0.376 e. The quantitative estimate of drug-likeness (QED) is 0.892. The van der Waals surface area contributed by atoms with Crippen LogP contribution in [0.15, 0.2) is 16.9 Å². The predicted molar refractivity (Wildman–Crippen MR) is 85.7 cm³/mol. The molecule has 1 N–H and O–H groups in total. The number of rotatable bonds is 5. The molecular weight excluding hydrogens is 296 g/mol. The van der Waals surface area contributed by atoms with E-state index in [4.69, 9.17) is 9.47 Å². The number of nitrogens with zero attached hydrogens (tertiary/aromatic N) is 1. The van der Waals surface area contributed by atoms with Crippen molar-refractivity contribution in [1.29, 1.82) is 0 Å². The maximum Gasteiger partial charge on any atom is 0.260 e. The van der Waals surface area contributed by atoms with Gasteiger partial charge in [-0.3, -0.25) is 9.59 Å². The fourth-order valence-corrected chi connectivity index (χ4v) is 3.22. The number of hydrogen-bond donors (Lipinski definition) is 1. The van der Waals surface area contributed by atoms with Gasteiger partial charge in [0.15, 0.2) is 0 Å².